The molecule has 0 saturated heterocycles. The third kappa shape index (κ3) is 2.47. The van der Waals surface area contributed by atoms with Crippen LogP contribution in [-0.4, -0.2) is 0 Å². The van der Waals surface area contributed by atoms with Gasteiger partial charge in [-0.25, -0.2) is 0 Å². The third-order valence-electron chi connectivity index (χ3n) is 2.31. The molecular weight excluding hydrogens is 170 g/mol. The van der Waals surface area contributed by atoms with Gasteiger partial charge in [-0.2, -0.15) is 5.26 Å². The normalized spacial score (nSPS) is 11.5. The Labute approximate surface area is 85.7 Å². The van der Waals surface area contributed by atoms with E-state index in [1.165, 1.54) is 5.56 Å². The van der Waals surface area contributed by atoms with Crippen molar-refractivity contribution in [2.45, 2.75) is 26.7 Å². The summed E-state index contributed by atoms with van der Waals surface area (Å²) >= 11 is 0. The van der Waals surface area contributed by atoms with Crippen LogP contribution < -0.4 is 0 Å². The van der Waals surface area contributed by atoms with E-state index in [0.29, 0.717) is 5.92 Å². The van der Waals surface area contributed by atoms with Crippen LogP contribution in [0.2, 0.25) is 0 Å². The Kier molecular flexibility index (Phi) is 3.48. The molecular formula is C13H15N. The smallest absolute Gasteiger partial charge is 0.0915 e. The van der Waals surface area contributed by atoms with Gasteiger partial charge in [-0.05, 0) is 29.5 Å². The molecule has 0 saturated carbocycles. The molecule has 1 heteroatoms. The first kappa shape index (κ1) is 10.5. The van der Waals surface area contributed by atoms with E-state index >= 15 is 0 Å². The third-order valence-corrected chi connectivity index (χ3v) is 2.31. The molecule has 1 aromatic rings. The number of nitrogens with zero attached hydrogens (tertiary/aromatic N) is 1. The van der Waals surface area contributed by atoms with Gasteiger partial charge in [0.05, 0.1) is 6.07 Å². The first-order chi connectivity index (χ1) is 6.65. The molecule has 0 N–H and O–H groups in total. The fourth-order valence-electron chi connectivity index (χ4n) is 1.31. The van der Waals surface area contributed by atoms with Crippen molar-refractivity contribution in [2.75, 3.05) is 0 Å². The molecule has 0 unspecified atom stereocenters. The average molecular weight is 185 g/mol. The number of benzene rings is 1. The quantitative estimate of drug-likeness (QED) is 0.644. The van der Waals surface area contributed by atoms with Gasteiger partial charge in [-0.15, -0.1) is 0 Å². The molecule has 1 aromatic carbocycles. The molecule has 1 nitrogen and oxygen atoms in total. The Bertz CT molecular complexity index is 363. The van der Waals surface area contributed by atoms with Gasteiger partial charge in [-0.1, -0.05) is 38.1 Å². The lowest BCUT2D eigenvalue weighted by molar-refractivity contribution is 0.866. The van der Waals surface area contributed by atoms with E-state index in [1.54, 1.807) is 6.08 Å². The standard InChI is InChI=1S/C13H15N/c1-10(2)12-4-6-13(7-5-12)11(3)8-9-14/h4-8,10H,1-3H3. The molecule has 0 aliphatic rings. The highest BCUT2D eigenvalue weighted by Crippen LogP contribution is 2.18. The number of allylic oxidation sites excluding steroid dienone is 2. The predicted molar refractivity (Wildman–Crippen MR) is 59.8 cm³/mol. The second-order valence-electron chi connectivity index (χ2n) is 3.73. The van der Waals surface area contributed by atoms with Gasteiger partial charge >= 0.3 is 0 Å². The van der Waals surface area contributed by atoms with E-state index in [4.69, 9.17) is 5.26 Å². The van der Waals surface area contributed by atoms with Crippen molar-refractivity contribution in [3.05, 3.63) is 41.5 Å². The SMILES string of the molecule is CC(=CC#N)c1ccc(C(C)C)cc1. The molecule has 0 atom stereocenters. The first-order valence-corrected chi connectivity index (χ1v) is 4.82. The zero-order valence-electron chi connectivity index (χ0n) is 8.91. The number of hydrogen-bond acceptors (Lipinski definition) is 1. The summed E-state index contributed by atoms with van der Waals surface area (Å²) in [5.74, 6) is 0.560. The zero-order chi connectivity index (χ0) is 10.6. The second kappa shape index (κ2) is 4.62. The maximum atomic E-state index is 8.51. The Morgan fingerprint density at radius 3 is 2.29 bits per heavy atom. The Balaban J connectivity index is 2.95. The summed E-state index contributed by atoms with van der Waals surface area (Å²) in [6.07, 6.45) is 1.57. The molecule has 72 valence electrons. The summed E-state index contributed by atoms with van der Waals surface area (Å²) in [7, 11) is 0. The molecule has 0 spiro atoms. The number of hydrogen-bond donors (Lipinski definition) is 0. The van der Waals surface area contributed by atoms with Crippen molar-refractivity contribution >= 4 is 5.57 Å². The molecule has 1 rings (SSSR count). The minimum Gasteiger partial charge on any atom is -0.193 e. The van der Waals surface area contributed by atoms with E-state index in [0.717, 1.165) is 11.1 Å². The minimum atomic E-state index is 0.560. The molecule has 0 radical (unpaired) electrons. The van der Waals surface area contributed by atoms with Gasteiger partial charge in [-0.3, -0.25) is 0 Å². The van der Waals surface area contributed by atoms with Gasteiger partial charge in [0.1, 0.15) is 0 Å². The molecule has 0 aromatic heterocycles. The molecule has 14 heavy (non-hydrogen) atoms. The van der Waals surface area contributed by atoms with Crippen molar-refractivity contribution < 1.29 is 0 Å². The van der Waals surface area contributed by atoms with Crippen LogP contribution >= 0.6 is 0 Å². The van der Waals surface area contributed by atoms with Crippen LogP contribution in [-0.2, 0) is 0 Å². The van der Waals surface area contributed by atoms with Gasteiger partial charge in [0, 0.05) is 6.08 Å². The summed E-state index contributed by atoms with van der Waals surface area (Å²) in [5.41, 5.74) is 3.47. The van der Waals surface area contributed by atoms with Crippen LogP contribution in [0.5, 0.6) is 0 Å². The molecule has 0 bridgehead atoms. The molecule has 0 aliphatic carbocycles. The Morgan fingerprint density at radius 1 is 1.29 bits per heavy atom. The largest absolute Gasteiger partial charge is 0.193 e. The van der Waals surface area contributed by atoms with Crippen LogP contribution in [0.3, 0.4) is 0 Å². The van der Waals surface area contributed by atoms with Crippen LogP contribution in [0.1, 0.15) is 37.8 Å². The first-order valence-electron chi connectivity index (χ1n) is 4.82. The van der Waals surface area contributed by atoms with Crippen molar-refractivity contribution in [2.24, 2.45) is 0 Å². The fourth-order valence-corrected chi connectivity index (χ4v) is 1.31. The van der Waals surface area contributed by atoms with E-state index in [9.17, 15) is 0 Å². The van der Waals surface area contributed by atoms with Crippen molar-refractivity contribution in [1.29, 1.82) is 5.26 Å². The Morgan fingerprint density at radius 2 is 1.86 bits per heavy atom. The predicted octanol–water partition coefficient (Wildman–Crippen LogP) is 3.74. The van der Waals surface area contributed by atoms with Crippen LogP contribution in [0.25, 0.3) is 5.57 Å². The van der Waals surface area contributed by atoms with Crippen LogP contribution in [0.15, 0.2) is 30.3 Å². The fraction of sp³-hybridized carbons (Fsp3) is 0.308. The highest BCUT2D eigenvalue weighted by Gasteiger charge is 1.99. The van der Waals surface area contributed by atoms with Crippen molar-refractivity contribution in [3.8, 4) is 6.07 Å². The average Bonchev–Trinajstić information content (AvgIpc) is 2.18. The zero-order valence-corrected chi connectivity index (χ0v) is 8.91. The van der Waals surface area contributed by atoms with E-state index in [1.807, 2.05) is 13.0 Å². The van der Waals surface area contributed by atoms with Gasteiger partial charge < -0.3 is 0 Å². The molecule has 0 heterocycles. The number of rotatable bonds is 2. The maximum absolute atomic E-state index is 8.51. The summed E-state index contributed by atoms with van der Waals surface area (Å²) in [6.45, 7) is 6.30. The second-order valence-corrected chi connectivity index (χ2v) is 3.73. The number of nitriles is 1. The van der Waals surface area contributed by atoms with Gasteiger partial charge in [0.25, 0.3) is 0 Å². The molecule has 0 amide bonds. The lowest BCUT2D eigenvalue weighted by atomic mass is 9.99. The van der Waals surface area contributed by atoms with Crippen molar-refractivity contribution in [1.82, 2.24) is 0 Å². The highest BCUT2D eigenvalue weighted by atomic mass is 14.2. The van der Waals surface area contributed by atoms with E-state index < -0.39 is 0 Å². The molecule has 0 aliphatic heterocycles. The van der Waals surface area contributed by atoms with Crippen LogP contribution in [0.4, 0.5) is 0 Å². The summed E-state index contributed by atoms with van der Waals surface area (Å²) < 4.78 is 0. The summed E-state index contributed by atoms with van der Waals surface area (Å²) in [5, 5.41) is 8.51. The minimum absolute atomic E-state index is 0.560. The van der Waals surface area contributed by atoms with E-state index in [-0.39, 0.29) is 0 Å². The summed E-state index contributed by atoms with van der Waals surface area (Å²) in [4.78, 5) is 0. The summed E-state index contributed by atoms with van der Waals surface area (Å²) in [6, 6.07) is 10.4. The van der Waals surface area contributed by atoms with Crippen LogP contribution in [0, 0.1) is 11.3 Å². The molecule has 0 fully saturated rings. The lowest BCUT2D eigenvalue weighted by Gasteiger charge is -2.06. The lowest BCUT2D eigenvalue weighted by Crippen LogP contribution is -1.87. The highest BCUT2D eigenvalue weighted by molar-refractivity contribution is 5.65. The van der Waals surface area contributed by atoms with Crippen molar-refractivity contribution in [3.63, 3.8) is 0 Å². The van der Waals surface area contributed by atoms with Gasteiger partial charge in [0.2, 0.25) is 0 Å². The topological polar surface area (TPSA) is 23.8 Å². The van der Waals surface area contributed by atoms with E-state index in [2.05, 4.69) is 38.1 Å². The van der Waals surface area contributed by atoms with Gasteiger partial charge in [0.15, 0.2) is 0 Å². The monoisotopic (exact) mass is 185 g/mol. The maximum Gasteiger partial charge on any atom is 0.0915 e. The Hall–Kier alpha value is -1.55.